The van der Waals surface area contributed by atoms with Gasteiger partial charge in [0, 0.05) is 4.80 Å². The van der Waals surface area contributed by atoms with Crippen LogP contribution >= 0.6 is 37.2 Å². The molecule has 1 heterocycles. The van der Waals surface area contributed by atoms with Crippen molar-refractivity contribution in [1.82, 2.24) is 15.0 Å². The van der Waals surface area contributed by atoms with E-state index in [1.54, 1.807) is 0 Å². The fraction of sp³-hybridized carbons (Fsp3) is 0. The molecule has 0 aliphatic rings. The van der Waals surface area contributed by atoms with Crippen molar-refractivity contribution in [2.75, 3.05) is 0 Å². The maximum absolute atomic E-state index is 4.70. The molecule has 0 bridgehead atoms. The lowest BCUT2D eigenvalue weighted by molar-refractivity contribution is -0.734. The van der Waals surface area contributed by atoms with Crippen LogP contribution in [0.15, 0.2) is 91.0 Å². The summed E-state index contributed by atoms with van der Waals surface area (Å²) in [6.45, 7) is 0. The number of tetrazole rings is 1. The minimum atomic E-state index is 0. The smallest absolute Gasteiger partial charge is 0.340 e. The van der Waals surface area contributed by atoms with E-state index in [-0.39, 0.29) is 49.6 Å². The lowest BCUT2D eigenvalue weighted by Gasteiger charge is -1.98. The van der Waals surface area contributed by atoms with Crippen LogP contribution in [0.3, 0.4) is 0 Å². The van der Waals surface area contributed by atoms with E-state index in [1.807, 2.05) is 101 Å². The second kappa shape index (κ2) is 11.6. The molecule has 0 N–H and O–H groups in total. The van der Waals surface area contributed by atoms with E-state index in [0.29, 0.717) is 5.82 Å². The van der Waals surface area contributed by atoms with Crippen molar-refractivity contribution < 1.29 is 17.2 Å². The van der Waals surface area contributed by atoms with E-state index in [1.165, 1.54) is 0 Å². The van der Waals surface area contributed by atoms with E-state index >= 15 is 0 Å². The van der Waals surface area contributed by atoms with Crippen LogP contribution in [0.4, 0.5) is 0 Å². The summed E-state index contributed by atoms with van der Waals surface area (Å²) in [4.78, 5) is 3.63. The van der Waals surface area contributed by atoms with Gasteiger partial charge in [0.05, 0.1) is 10.7 Å². The number of halogens is 4. The predicted molar refractivity (Wildman–Crippen MR) is 110 cm³/mol. The molecule has 0 saturated heterocycles. The summed E-state index contributed by atoms with van der Waals surface area (Å²) in [6.07, 6.45) is 0. The second-order valence-corrected chi connectivity index (χ2v) is 5.14. The van der Waals surface area contributed by atoms with Crippen molar-refractivity contribution in [3.8, 4) is 22.8 Å². The fourth-order valence-corrected chi connectivity index (χ4v) is 2.44. The van der Waals surface area contributed by atoms with E-state index in [4.69, 9.17) is 10.2 Å². The van der Waals surface area contributed by atoms with Crippen molar-refractivity contribution >= 4 is 37.2 Å². The van der Waals surface area contributed by atoms with Gasteiger partial charge in [0.15, 0.2) is 5.69 Å². The highest BCUT2D eigenvalue weighted by atomic mass is 35.5. The molecular formula is C19H18Cl4N4. The monoisotopic (exact) mass is 442 g/mol. The highest BCUT2D eigenvalue weighted by Gasteiger charge is 2.22. The van der Waals surface area contributed by atoms with E-state index < -0.39 is 0 Å². The molecule has 27 heavy (non-hydrogen) atoms. The maximum atomic E-state index is 4.70. The molecule has 4 rings (SSSR count). The Morgan fingerprint density at radius 2 is 1.11 bits per heavy atom. The van der Waals surface area contributed by atoms with E-state index in [2.05, 4.69) is 0 Å². The molecule has 3 aromatic carbocycles. The van der Waals surface area contributed by atoms with Crippen LogP contribution in [-0.2, 0) is 0 Å². The normalized spacial score (nSPS) is 9.04. The summed E-state index contributed by atoms with van der Waals surface area (Å²) < 4.78 is 0. The molecule has 0 aliphatic carbocycles. The average Bonchev–Trinajstić information content (AvgIpc) is 3.09. The molecule has 8 heteroatoms. The molecule has 0 unspecified atom stereocenters. The summed E-state index contributed by atoms with van der Waals surface area (Å²) in [5.74, 6) is 0.693. The summed E-state index contributed by atoms with van der Waals surface area (Å²) in [5.41, 5.74) is 2.92. The summed E-state index contributed by atoms with van der Waals surface area (Å²) in [6, 6.07) is 30.0. The number of rotatable bonds is 3. The van der Waals surface area contributed by atoms with Gasteiger partial charge in [-0.25, -0.2) is 0 Å². The summed E-state index contributed by atoms with van der Waals surface area (Å²) in [5, 5.41) is 9.39. The van der Waals surface area contributed by atoms with Gasteiger partial charge in [-0.2, -0.15) is 0 Å². The van der Waals surface area contributed by atoms with Gasteiger partial charge in [-0.05, 0) is 46.3 Å². The zero-order valence-corrected chi connectivity index (χ0v) is 17.3. The first-order valence-electron chi connectivity index (χ1n) is 7.48. The Hall–Kier alpha value is -2.11. The second-order valence-electron chi connectivity index (χ2n) is 5.14. The molecule has 0 spiro atoms. The van der Waals surface area contributed by atoms with Gasteiger partial charge in [-0.1, -0.05) is 54.6 Å². The quantitative estimate of drug-likeness (QED) is 0.449. The number of hydrogen-bond acceptors (Lipinski definition) is 2. The zero-order valence-electron chi connectivity index (χ0n) is 14.1. The third kappa shape index (κ3) is 5.44. The standard InChI is InChI=1S/C19H15N4.4ClH/c1-4-10-16(11-5-1)19-20-22(17-12-6-2-7-13-17)23(21-19)18-14-8-3-9-15-18;;;;/h1-15H;4*1H/q+1;;;;/p-1. The van der Waals surface area contributed by atoms with Crippen LogP contribution in [0, 0.1) is 0 Å². The largest absolute Gasteiger partial charge is 1.00 e. The minimum Gasteiger partial charge on any atom is -1.00 e. The molecule has 0 fully saturated rings. The highest BCUT2D eigenvalue weighted by Crippen LogP contribution is 2.14. The van der Waals surface area contributed by atoms with Crippen molar-refractivity contribution in [3.63, 3.8) is 0 Å². The Balaban J connectivity index is 0.00000169. The van der Waals surface area contributed by atoms with Gasteiger partial charge < -0.3 is 12.4 Å². The fourth-order valence-electron chi connectivity index (χ4n) is 2.44. The average molecular weight is 444 g/mol. The van der Waals surface area contributed by atoms with Crippen LogP contribution < -0.4 is 17.2 Å². The van der Waals surface area contributed by atoms with Crippen LogP contribution in [-0.4, -0.2) is 15.0 Å². The topological polar surface area (TPSA) is 34.6 Å². The molecule has 4 nitrogen and oxygen atoms in total. The first-order valence-corrected chi connectivity index (χ1v) is 7.48. The van der Waals surface area contributed by atoms with Crippen LogP contribution in [0.5, 0.6) is 0 Å². The first kappa shape index (κ1) is 24.9. The highest BCUT2D eigenvalue weighted by molar-refractivity contribution is 5.86. The lowest BCUT2D eigenvalue weighted by atomic mass is 10.2. The van der Waals surface area contributed by atoms with Gasteiger partial charge in [0.1, 0.15) is 5.69 Å². The van der Waals surface area contributed by atoms with Crippen LogP contribution in [0.1, 0.15) is 0 Å². The Bertz CT molecular complexity index is 859. The van der Waals surface area contributed by atoms with Crippen molar-refractivity contribution in [2.45, 2.75) is 0 Å². The molecule has 142 valence electrons. The van der Waals surface area contributed by atoms with Crippen LogP contribution in [0.25, 0.3) is 22.8 Å². The predicted octanol–water partition coefficient (Wildman–Crippen LogP) is 1.48. The SMILES string of the molecule is Cl.Cl.Cl.[Cl-].c1ccc(-c2nn(-c3ccccc3)[n+](-c3ccccc3)n2)cc1. The number of nitrogens with zero attached hydrogens (tertiary/aromatic N) is 4. The molecule has 4 aromatic rings. The van der Waals surface area contributed by atoms with Crippen molar-refractivity contribution in [3.05, 3.63) is 91.0 Å². The summed E-state index contributed by atoms with van der Waals surface area (Å²) >= 11 is 0. The molecule has 0 radical (unpaired) electrons. The molecule has 0 atom stereocenters. The minimum absolute atomic E-state index is 0. The molecule has 1 aromatic heterocycles. The van der Waals surface area contributed by atoms with Crippen LogP contribution in [0.2, 0.25) is 0 Å². The van der Waals surface area contributed by atoms with Gasteiger partial charge in [0.2, 0.25) is 0 Å². The van der Waals surface area contributed by atoms with E-state index in [9.17, 15) is 0 Å². The van der Waals surface area contributed by atoms with Crippen molar-refractivity contribution in [2.24, 2.45) is 0 Å². The third-order valence-electron chi connectivity index (χ3n) is 3.56. The molecule has 0 amide bonds. The van der Waals surface area contributed by atoms with Gasteiger partial charge in [0.25, 0.3) is 0 Å². The van der Waals surface area contributed by atoms with Crippen molar-refractivity contribution in [1.29, 1.82) is 0 Å². The Kier molecular flexibility index (Phi) is 10.7. The van der Waals surface area contributed by atoms with E-state index in [0.717, 1.165) is 16.9 Å². The molecule has 0 aliphatic heterocycles. The molecule has 0 saturated carbocycles. The number of aromatic nitrogens is 4. The Labute approximate surface area is 182 Å². The first-order chi connectivity index (χ1) is 11.4. The summed E-state index contributed by atoms with van der Waals surface area (Å²) in [7, 11) is 0. The zero-order chi connectivity index (χ0) is 15.5. The van der Waals surface area contributed by atoms with Gasteiger partial charge >= 0.3 is 5.82 Å². The molecular weight excluding hydrogens is 426 g/mol. The lowest BCUT2D eigenvalue weighted by Crippen LogP contribution is -3.00. The Morgan fingerprint density at radius 1 is 0.630 bits per heavy atom. The van der Waals surface area contributed by atoms with Gasteiger partial charge in [-0.3, -0.25) is 0 Å². The number of hydrogen-bond donors (Lipinski definition) is 0. The number of benzene rings is 3. The maximum Gasteiger partial charge on any atom is 0.340 e. The van der Waals surface area contributed by atoms with Gasteiger partial charge in [-0.15, -0.1) is 37.2 Å². The third-order valence-corrected chi connectivity index (χ3v) is 3.56. The Morgan fingerprint density at radius 3 is 1.67 bits per heavy atom. The number of para-hydroxylation sites is 2.